The molecule has 8 nitrogen and oxygen atoms in total. The summed E-state index contributed by atoms with van der Waals surface area (Å²) in [4.78, 5) is 26.4. The topological polar surface area (TPSA) is 126 Å². The van der Waals surface area contributed by atoms with Crippen molar-refractivity contribution in [1.82, 2.24) is 14.8 Å². The molecule has 0 fully saturated rings. The molecule has 0 bridgehead atoms. The lowest BCUT2D eigenvalue weighted by Crippen LogP contribution is -2.14. The number of rotatable bonds is 4. The van der Waals surface area contributed by atoms with Crippen LogP contribution in [-0.2, 0) is 11.3 Å². The van der Waals surface area contributed by atoms with Crippen LogP contribution in [0.3, 0.4) is 0 Å². The van der Waals surface area contributed by atoms with Gasteiger partial charge in [-0.1, -0.05) is 0 Å². The van der Waals surface area contributed by atoms with Gasteiger partial charge in [-0.3, -0.25) is 14.5 Å². The number of carbonyl (C=O) groups is 2. The van der Waals surface area contributed by atoms with Gasteiger partial charge in [0.25, 0.3) is 5.91 Å². The lowest BCUT2D eigenvalue weighted by atomic mass is 10.2. The van der Waals surface area contributed by atoms with E-state index in [2.05, 4.69) is 14.8 Å². The summed E-state index contributed by atoms with van der Waals surface area (Å²) in [6, 6.07) is 3.25. The number of aromatic nitrogens is 3. The molecule has 0 saturated heterocycles. The Bertz CT molecular complexity index is 648. The van der Waals surface area contributed by atoms with Gasteiger partial charge in [0.05, 0.1) is 30.6 Å². The fourth-order valence-corrected chi connectivity index (χ4v) is 1.63. The van der Waals surface area contributed by atoms with E-state index in [-0.39, 0.29) is 11.4 Å². The Morgan fingerprint density at radius 3 is 2.65 bits per heavy atom. The smallest absolute Gasteiger partial charge is 0.339 e. The number of methoxy groups -OCH3 is 1. The first kappa shape index (κ1) is 13.5. The lowest BCUT2D eigenvalue weighted by Gasteiger charge is -2.02. The van der Waals surface area contributed by atoms with Gasteiger partial charge in [0.1, 0.15) is 0 Å². The van der Waals surface area contributed by atoms with Crippen molar-refractivity contribution in [3.8, 4) is 0 Å². The van der Waals surface area contributed by atoms with Crippen molar-refractivity contribution in [1.29, 1.82) is 0 Å². The lowest BCUT2D eigenvalue weighted by molar-refractivity contribution is 0.0600. The maximum atomic E-state index is 11.3. The molecule has 2 aromatic rings. The van der Waals surface area contributed by atoms with Gasteiger partial charge in [-0.05, 0) is 12.1 Å². The number of pyridine rings is 1. The number of nitrogens with two attached hydrogens (primary N) is 2. The summed E-state index contributed by atoms with van der Waals surface area (Å²) in [5.74, 6) is -1.14. The van der Waals surface area contributed by atoms with E-state index in [0.29, 0.717) is 17.8 Å². The zero-order chi connectivity index (χ0) is 14.7. The van der Waals surface area contributed by atoms with E-state index < -0.39 is 11.9 Å². The van der Waals surface area contributed by atoms with Gasteiger partial charge < -0.3 is 16.2 Å². The third kappa shape index (κ3) is 2.74. The van der Waals surface area contributed by atoms with Gasteiger partial charge in [-0.2, -0.15) is 5.10 Å². The molecule has 0 aliphatic heterocycles. The van der Waals surface area contributed by atoms with Gasteiger partial charge in [0.15, 0.2) is 5.69 Å². The van der Waals surface area contributed by atoms with Crippen molar-refractivity contribution in [2.45, 2.75) is 6.54 Å². The van der Waals surface area contributed by atoms with Crippen LogP contribution in [0.5, 0.6) is 0 Å². The highest BCUT2D eigenvalue weighted by Gasteiger charge is 2.12. The Labute approximate surface area is 114 Å². The van der Waals surface area contributed by atoms with Crippen molar-refractivity contribution in [2.75, 3.05) is 12.8 Å². The van der Waals surface area contributed by atoms with Crippen molar-refractivity contribution < 1.29 is 14.3 Å². The maximum Gasteiger partial charge on any atom is 0.339 e. The summed E-state index contributed by atoms with van der Waals surface area (Å²) in [6.07, 6.45) is 2.90. The Balaban J connectivity index is 2.16. The van der Waals surface area contributed by atoms with E-state index in [0.717, 1.165) is 0 Å². The molecule has 4 N–H and O–H groups in total. The monoisotopic (exact) mass is 275 g/mol. The van der Waals surface area contributed by atoms with E-state index in [1.807, 2.05) is 0 Å². The number of hydrogen-bond donors (Lipinski definition) is 2. The van der Waals surface area contributed by atoms with Crippen LogP contribution >= 0.6 is 0 Å². The van der Waals surface area contributed by atoms with Gasteiger partial charge >= 0.3 is 5.97 Å². The number of nitrogens with zero attached hydrogens (tertiary/aromatic N) is 3. The number of hydrogen-bond acceptors (Lipinski definition) is 6. The third-order valence-corrected chi connectivity index (χ3v) is 2.59. The minimum Gasteiger partial charge on any atom is -0.465 e. The molecule has 2 rings (SSSR count). The summed E-state index contributed by atoms with van der Waals surface area (Å²) in [5, 5.41) is 3.96. The molecule has 0 atom stereocenters. The Hall–Kier alpha value is -2.90. The molecule has 0 aliphatic carbocycles. The van der Waals surface area contributed by atoms with E-state index in [1.54, 1.807) is 12.1 Å². The van der Waals surface area contributed by atoms with Crippen molar-refractivity contribution in [3.63, 3.8) is 0 Å². The Kier molecular flexibility index (Phi) is 3.65. The van der Waals surface area contributed by atoms with E-state index >= 15 is 0 Å². The predicted octanol–water partition coefficient (Wildman–Crippen LogP) is -0.206. The normalized spacial score (nSPS) is 10.2. The predicted molar refractivity (Wildman–Crippen MR) is 69.8 cm³/mol. The second-order valence-electron chi connectivity index (χ2n) is 4.02. The average Bonchev–Trinajstić information content (AvgIpc) is 2.79. The van der Waals surface area contributed by atoms with Gasteiger partial charge in [0, 0.05) is 12.4 Å². The molecule has 0 spiro atoms. The molecule has 0 radical (unpaired) electrons. The summed E-state index contributed by atoms with van der Waals surface area (Å²) in [7, 11) is 1.30. The SMILES string of the molecule is COC(=O)c1ccc(Cn2cc(N)c(C(N)=O)n2)nc1. The van der Waals surface area contributed by atoms with Crippen LogP contribution in [0.4, 0.5) is 5.69 Å². The molecule has 104 valence electrons. The summed E-state index contributed by atoms with van der Waals surface area (Å²) < 4.78 is 6.03. The van der Waals surface area contributed by atoms with Crippen molar-refractivity contribution >= 4 is 17.6 Å². The largest absolute Gasteiger partial charge is 0.465 e. The first-order valence-electron chi connectivity index (χ1n) is 5.67. The Morgan fingerprint density at radius 2 is 2.15 bits per heavy atom. The number of carbonyl (C=O) groups excluding carboxylic acids is 2. The number of primary amides is 1. The molecule has 0 aromatic carbocycles. The Morgan fingerprint density at radius 1 is 1.40 bits per heavy atom. The summed E-state index contributed by atoms with van der Waals surface area (Å²) >= 11 is 0. The number of anilines is 1. The minimum atomic E-state index is -0.685. The molecule has 0 saturated carbocycles. The molecule has 2 heterocycles. The summed E-state index contributed by atoms with van der Waals surface area (Å²) in [5.41, 5.74) is 12.0. The third-order valence-electron chi connectivity index (χ3n) is 2.59. The molecule has 0 unspecified atom stereocenters. The quantitative estimate of drug-likeness (QED) is 0.744. The van der Waals surface area contributed by atoms with Crippen LogP contribution in [-0.4, -0.2) is 33.8 Å². The van der Waals surface area contributed by atoms with Crippen LogP contribution in [0.15, 0.2) is 24.5 Å². The van der Waals surface area contributed by atoms with Crippen LogP contribution in [0, 0.1) is 0 Å². The zero-order valence-electron chi connectivity index (χ0n) is 10.7. The van der Waals surface area contributed by atoms with Crippen LogP contribution in [0.25, 0.3) is 0 Å². The van der Waals surface area contributed by atoms with E-state index in [9.17, 15) is 9.59 Å². The van der Waals surface area contributed by atoms with Crippen LogP contribution < -0.4 is 11.5 Å². The molecule has 0 aliphatic rings. The second kappa shape index (κ2) is 5.39. The molecule has 1 amide bonds. The zero-order valence-corrected chi connectivity index (χ0v) is 10.7. The van der Waals surface area contributed by atoms with Gasteiger partial charge in [-0.25, -0.2) is 4.79 Å². The maximum absolute atomic E-state index is 11.3. The van der Waals surface area contributed by atoms with Crippen molar-refractivity contribution in [2.24, 2.45) is 5.73 Å². The number of esters is 1. The van der Waals surface area contributed by atoms with Crippen LogP contribution in [0.1, 0.15) is 26.5 Å². The van der Waals surface area contributed by atoms with Crippen molar-refractivity contribution in [3.05, 3.63) is 41.5 Å². The summed E-state index contributed by atoms with van der Waals surface area (Å²) in [6.45, 7) is 0.304. The first-order chi connectivity index (χ1) is 9.51. The van der Waals surface area contributed by atoms with E-state index in [4.69, 9.17) is 11.5 Å². The average molecular weight is 275 g/mol. The molecule has 2 aromatic heterocycles. The van der Waals surface area contributed by atoms with E-state index in [1.165, 1.54) is 24.2 Å². The second-order valence-corrected chi connectivity index (χ2v) is 4.02. The fraction of sp³-hybridized carbons (Fsp3) is 0.167. The highest BCUT2D eigenvalue weighted by Crippen LogP contribution is 2.10. The highest BCUT2D eigenvalue weighted by molar-refractivity contribution is 5.95. The molecular weight excluding hydrogens is 262 g/mol. The molecule has 20 heavy (non-hydrogen) atoms. The minimum absolute atomic E-state index is 0.0242. The highest BCUT2D eigenvalue weighted by atomic mass is 16.5. The standard InChI is InChI=1S/C12H13N5O3/c1-20-12(19)7-2-3-8(15-4-7)5-17-6-9(13)10(16-17)11(14)18/h2-4,6H,5,13H2,1H3,(H2,14,18). The van der Waals surface area contributed by atoms with Gasteiger partial charge in [0.2, 0.25) is 0 Å². The first-order valence-corrected chi connectivity index (χ1v) is 5.67. The number of ether oxygens (including phenoxy) is 1. The molecular formula is C12H13N5O3. The fourth-order valence-electron chi connectivity index (χ4n) is 1.63. The van der Waals surface area contributed by atoms with Crippen LogP contribution in [0.2, 0.25) is 0 Å². The number of amides is 1. The number of nitrogen functional groups attached to an aromatic ring is 1. The molecule has 8 heteroatoms. The van der Waals surface area contributed by atoms with Gasteiger partial charge in [-0.15, -0.1) is 0 Å².